The fourth-order valence-corrected chi connectivity index (χ4v) is 2.05. The van der Waals surface area contributed by atoms with E-state index in [1.54, 1.807) is 6.26 Å². The largest absolute Gasteiger partial charge is 0.467 e. The van der Waals surface area contributed by atoms with Gasteiger partial charge in [-0.05, 0) is 26.0 Å². The van der Waals surface area contributed by atoms with Gasteiger partial charge in [0.15, 0.2) is 0 Å². The van der Waals surface area contributed by atoms with Crippen LogP contribution >= 0.6 is 0 Å². The van der Waals surface area contributed by atoms with E-state index in [2.05, 4.69) is 43.3 Å². The molecule has 5 nitrogen and oxygen atoms in total. The van der Waals surface area contributed by atoms with Crippen molar-refractivity contribution in [1.82, 2.24) is 9.97 Å². The van der Waals surface area contributed by atoms with Crippen LogP contribution in [-0.4, -0.2) is 17.0 Å². The average Bonchev–Trinajstić information content (AvgIpc) is 2.93. The summed E-state index contributed by atoms with van der Waals surface area (Å²) in [6.45, 7) is 10.4. The van der Waals surface area contributed by atoms with Gasteiger partial charge in [0.2, 0.25) is 0 Å². The van der Waals surface area contributed by atoms with Crippen molar-refractivity contribution in [3.63, 3.8) is 0 Å². The molecule has 2 aromatic rings. The second kappa shape index (κ2) is 5.76. The topological polar surface area (TPSA) is 63.0 Å². The minimum absolute atomic E-state index is 0.0473. The molecule has 2 heterocycles. The molecule has 2 N–H and O–H groups in total. The highest BCUT2D eigenvalue weighted by molar-refractivity contribution is 5.58. The maximum Gasteiger partial charge on any atom is 0.138 e. The molecule has 5 heteroatoms. The van der Waals surface area contributed by atoms with Crippen molar-refractivity contribution in [3.05, 3.63) is 35.5 Å². The Morgan fingerprint density at radius 2 is 1.86 bits per heavy atom. The number of hydrogen-bond acceptors (Lipinski definition) is 5. The van der Waals surface area contributed by atoms with E-state index in [1.165, 1.54) is 0 Å². The van der Waals surface area contributed by atoms with Crippen LogP contribution in [0.25, 0.3) is 0 Å². The van der Waals surface area contributed by atoms with Crippen LogP contribution in [0, 0.1) is 6.92 Å². The fraction of sp³-hybridized carbons (Fsp3) is 0.500. The second-order valence-electron chi connectivity index (χ2n) is 6.25. The molecule has 0 saturated carbocycles. The predicted octanol–water partition coefficient (Wildman–Crippen LogP) is 3.89. The Morgan fingerprint density at radius 3 is 2.38 bits per heavy atom. The van der Waals surface area contributed by atoms with Crippen molar-refractivity contribution >= 4 is 11.6 Å². The minimum Gasteiger partial charge on any atom is -0.467 e. The van der Waals surface area contributed by atoms with Crippen molar-refractivity contribution < 1.29 is 4.42 Å². The zero-order valence-electron chi connectivity index (χ0n) is 13.6. The summed E-state index contributed by atoms with van der Waals surface area (Å²) in [6.07, 6.45) is 1.68. The van der Waals surface area contributed by atoms with Gasteiger partial charge in [-0.3, -0.25) is 0 Å². The maximum absolute atomic E-state index is 5.44. The molecular weight excluding hydrogens is 264 g/mol. The zero-order chi connectivity index (χ0) is 15.6. The highest BCUT2D eigenvalue weighted by atomic mass is 16.3. The van der Waals surface area contributed by atoms with Crippen LogP contribution < -0.4 is 10.6 Å². The summed E-state index contributed by atoms with van der Waals surface area (Å²) >= 11 is 0. The van der Waals surface area contributed by atoms with E-state index < -0.39 is 0 Å². The SMILES string of the molecule is CNc1nc(C(C)(C)C)nc(NC(C)c2ccco2)c1C. The maximum atomic E-state index is 5.44. The Hall–Kier alpha value is -2.04. The molecule has 21 heavy (non-hydrogen) atoms. The van der Waals surface area contributed by atoms with Crippen molar-refractivity contribution in [2.45, 2.75) is 46.1 Å². The summed E-state index contributed by atoms with van der Waals surface area (Å²) < 4.78 is 5.44. The lowest BCUT2D eigenvalue weighted by atomic mass is 9.95. The molecule has 1 unspecified atom stereocenters. The van der Waals surface area contributed by atoms with Crippen LogP contribution in [-0.2, 0) is 5.41 Å². The average molecular weight is 288 g/mol. The van der Waals surface area contributed by atoms with Crippen LogP contribution in [0.1, 0.15) is 50.9 Å². The van der Waals surface area contributed by atoms with Gasteiger partial charge >= 0.3 is 0 Å². The van der Waals surface area contributed by atoms with Crippen molar-refractivity contribution in [2.24, 2.45) is 0 Å². The molecule has 0 radical (unpaired) electrons. The van der Waals surface area contributed by atoms with E-state index in [-0.39, 0.29) is 11.5 Å². The predicted molar refractivity (Wildman–Crippen MR) is 85.8 cm³/mol. The smallest absolute Gasteiger partial charge is 0.138 e. The third-order valence-corrected chi connectivity index (χ3v) is 3.38. The van der Waals surface area contributed by atoms with Gasteiger partial charge in [0.05, 0.1) is 12.3 Å². The quantitative estimate of drug-likeness (QED) is 0.893. The fourth-order valence-electron chi connectivity index (χ4n) is 2.05. The van der Waals surface area contributed by atoms with Crippen LogP contribution in [0.3, 0.4) is 0 Å². The number of nitrogens with one attached hydrogen (secondary N) is 2. The third-order valence-electron chi connectivity index (χ3n) is 3.38. The first-order chi connectivity index (χ1) is 9.82. The number of hydrogen-bond donors (Lipinski definition) is 2. The Morgan fingerprint density at radius 1 is 1.19 bits per heavy atom. The zero-order valence-corrected chi connectivity index (χ0v) is 13.6. The van der Waals surface area contributed by atoms with Gasteiger partial charge in [0.25, 0.3) is 0 Å². The van der Waals surface area contributed by atoms with E-state index >= 15 is 0 Å². The summed E-state index contributed by atoms with van der Waals surface area (Å²) in [5.41, 5.74) is 0.896. The van der Waals surface area contributed by atoms with Crippen molar-refractivity contribution in [3.8, 4) is 0 Å². The first-order valence-electron chi connectivity index (χ1n) is 7.19. The molecule has 1 atom stereocenters. The normalized spacial score (nSPS) is 13.0. The van der Waals surface area contributed by atoms with Crippen molar-refractivity contribution in [1.29, 1.82) is 0 Å². The van der Waals surface area contributed by atoms with Gasteiger partial charge in [0.1, 0.15) is 23.2 Å². The van der Waals surface area contributed by atoms with Gasteiger partial charge in [-0.25, -0.2) is 9.97 Å². The van der Waals surface area contributed by atoms with E-state index in [1.807, 2.05) is 26.1 Å². The summed E-state index contributed by atoms with van der Waals surface area (Å²) in [4.78, 5) is 9.31. The standard InChI is InChI=1S/C16H24N4O/c1-10-13(17-6)19-15(16(3,4)5)20-14(10)18-11(2)12-8-7-9-21-12/h7-9,11H,1-6H3,(H2,17,18,19,20). The van der Waals surface area contributed by atoms with Crippen LogP contribution in [0.2, 0.25) is 0 Å². The first kappa shape index (κ1) is 15.4. The molecule has 0 aliphatic carbocycles. The number of nitrogens with zero attached hydrogens (tertiary/aromatic N) is 2. The molecule has 2 aromatic heterocycles. The van der Waals surface area contributed by atoms with E-state index in [4.69, 9.17) is 9.40 Å². The summed E-state index contributed by atoms with van der Waals surface area (Å²) in [6, 6.07) is 3.89. The molecule has 0 bridgehead atoms. The molecule has 0 aliphatic rings. The van der Waals surface area contributed by atoms with Gasteiger partial charge in [-0.2, -0.15) is 0 Å². The van der Waals surface area contributed by atoms with E-state index in [0.29, 0.717) is 0 Å². The Bertz CT molecular complexity index is 599. The Kier molecular flexibility index (Phi) is 4.21. The highest BCUT2D eigenvalue weighted by Gasteiger charge is 2.22. The second-order valence-corrected chi connectivity index (χ2v) is 6.25. The molecule has 0 fully saturated rings. The van der Waals surface area contributed by atoms with Gasteiger partial charge in [-0.15, -0.1) is 0 Å². The lowest BCUT2D eigenvalue weighted by Gasteiger charge is -2.22. The highest BCUT2D eigenvalue weighted by Crippen LogP contribution is 2.28. The Labute approximate surface area is 126 Å². The first-order valence-corrected chi connectivity index (χ1v) is 7.19. The van der Waals surface area contributed by atoms with Crippen LogP contribution in [0.4, 0.5) is 11.6 Å². The lowest BCUT2D eigenvalue weighted by molar-refractivity contribution is 0.489. The number of furan rings is 1. The molecule has 114 valence electrons. The monoisotopic (exact) mass is 288 g/mol. The van der Waals surface area contributed by atoms with Crippen LogP contribution in [0.15, 0.2) is 22.8 Å². The van der Waals surface area contributed by atoms with E-state index in [0.717, 1.165) is 28.8 Å². The lowest BCUT2D eigenvalue weighted by Crippen LogP contribution is -2.20. The number of rotatable bonds is 4. The van der Waals surface area contributed by atoms with Gasteiger partial charge < -0.3 is 15.1 Å². The number of aromatic nitrogens is 2. The van der Waals surface area contributed by atoms with Gasteiger partial charge in [0, 0.05) is 18.0 Å². The molecule has 0 spiro atoms. The minimum atomic E-state index is -0.107. The molecule has 2 rings (SSSR count). The molecule has 0 aliphatic heterocycles. The van der Waals surface area contributed by atoms with Crippen LogP contribution in [0.5, 0.6) is 0 Å². The number of anilines is 2. The summed E-state index contributed by atoms with van der Waals surface area (Å²) in [5, 5.41) is 6.56. The van der Waals surface area contributed by atoms with Gasteiger partial charge in [-0.1, -0.05) is 20.8 Å². The molecule has 0 saturated heterocycles. The molecule has 0 aromatic carbocycles. The molecule has 0 amide bonds. The summed E-state index contributed by atoms with van der Waals surface area (Å²) in [5.74, 6) is 3.38. The third kappa shape index (κ3) is 3.35. The molecular formula is C16H24N4O. The summed E-state index contributed by atoms with van der Waals surface area (Å²) in [7, 11) is 1.88. The van der Waals surface area contributed by atoms with E-state index in [9.17, 15) is 0 Å². The van der Waals surface area contributed by atoms with Crippen molar-refractivity contribution in [2.75, 3.05) is 17.7 Å². The Balaban J connectivity index is 2.38.